The van der Waals surface area contributed by atoms with Gasteiger partial charge in [0.05, 0.1) is 8.80 Å². The quantitative estimate of drug-likeness (QED) is 0.264. The average molecular weight is 489 g/mol. The molecule has 1 atom stereocenters. The molecule has 5 rings (SSSR count). The second-order valence-electron chi connectivity index (χ2n) is 10.1. The second kappa shape index (κ2) is 10.2. The minimum atomic E-state index is -0.605. The molecule has 1 radical (unpaired) electrons. The summed E-state index contributed by atoms with van der Waals surface area (Å²) in [6, 6.07) is 14.3. The van der Waals surface area contributed by atoms with Gasteiger partial charge in [0, 0.05) is 33.6 Å². The molecular formula is C33H34NOSi. The standard InChI is InChI=1S/C33H34NOSi/c1-22(10-9-11-23(2)26-12-6-8-15-32(26)35)24-16-18-27(33(21-24)36(3)4)25-17-19-29-28-13-5-7-14-30(28)34-31(29)20-25/h5-6,8-13,15-20,24,34-35H,2,7,14,21H2,1,3-4H3/b11-9-,22-10+. The van der Waals surface area contributed by atoms with E-state index in [0.717, 1.165) is 30.4 Å². The van der Waals surface area contributed by atoms with Gasteiger partial charge in [0.1, 0.15) is 5.75 Å². The van der Waals surface area contributed by atoms with E-state index >= 15 is 0 Å². The van der Waals surface area contributed by atoms with Gasteiger partial charge in [-0.05, 0) is 55.0 Å². The van der Waals surface area contributed by atoms with Crippen molar-refractivity contribution in [2.75, 3.05) is 0 Å². The SMILES string of the molecule is C=C(/C=C\C=C(/C)C1C=CC(c2ccc3c4c([nH]c3c2)CCC=C4)=C([Si](C)C)C1)c1ccccc1O. The van der Waals surface area contributed by atoms with Crippen molar-refractivity contribution >= 4 is 36.9 Å². The zero-order valence-electron chi connectivity index (χ0n) is 21.4. The highest BCUT2D eigenvalue weighted by atomic mass is 28.3. The number of hydrogen-bond acceptors (Lipinski definition) is 1. The first-order chi connectivity index (χ1) is 17.4. The van der Waals surface area contributed by atoms with E-state index in [-0.39, 0.29) is 5.75 Å². The van der Waals surface area contributed by atoms with Crippen LogP contribution in [0, 0.1) is 5.92 Å². The molecule has 36 heavy (non-hydrogen) atoms. The van der Waals surface area contributed by atoms with Gasteiger partial charge in [-0.3, -0.25) is 0 Å². The predicted octanol–water partition coefficient (Wildman–Crippen LogP) is 8.67. The molecule has 0 spiro atoms. The van der Waals surface area contributed by atoms with Crippen LogP contribution in [0.5, 0.6) is 5.75 Å². The number of benzene rings is 2. The van der Waals surface area contributed by atoms with Crippen LogP contribution in [-0.2, 0) is 6.42 Å². The molecule has 3 aromatic rings. The molecule has 0 aliphatic heterocycles. The minimum absolute atomic E-state index is 0.264. The average Bonchev–Trinajstić information content (AvgIpc) is 3.26. The van der Waals surface area contributed by atoms with E-state index in [2.05, 4.69) is 86.2 Å². The molecule has 1 unspecified atom stereocenters. The first-order valence-corrected chi connectivity index (χ1v) is 15.3. The number of para-hydroxylation sites is 1. The van der Waals surface area contributed by atoms with Crippen LogP contribution in [0.1, 0.15) is 42.1 Å². The van der Waals surface area contributed by atoms with Crippen molar-refractivity contribution in [2.45, 2.75) is 39.3 Å². The van der Waals surface area contributed by atoms with Crippen LogP contribution in [0.3, 0.4) is 0 Å². The number of allylic oxidation sites excluding steroid dienone is 10. The summed E-state index contributed by atoms with van der Waals surface area (Å²) >= 11 is 0. The van der Waals surface area contributed by atoms with Gasteiger partial charge in [0.2, 0.25) is 0 Å². The van der Waals surface area contributed by atoms with E-state index in [1.165, 1.54) is 38.9 Å². The Hall–Kier alpha value is -3.56. The van der Waals surface area contributed by atoms with Crippen LogP contribution in [0.4, 0.5) is 0 Å². The van der Waals surface area contributed by atoms with Crippen molar-refractivity contribution in [3.63, 3.8) is 0 Å². The number of nitrogens with one attached hydrogen (secondary N) is 1. The second-order valence-corrected chi connectivity index (χ2v) is 12.7. The molecule has 3 heteroatoms. The van der Waals surface area contributed by atoms with Crippen molar-refractivity contribution in [3.05, 3.63) is 119 Å². The lowest BCUT2D eigenvalue weighted by molar-refractivity contribution is 0.474. The fourth-order valence-corrected chi connectivity index (χ4v) is 6.70. The molecule has 2 nitrogen and oxygen atoms in total. The summed E-state index contributed by atoms with van der Waals surface area (Å²) in [5.74, 6) is 0.665. The van der Waals surface area contributed by atoms with Gasteiger partial charge >= 0.3 is 0 Å². The lowest BCUT2D eigenvalue weighted by atomic mass is 9.87. The molecule has 0 bridgehead atoms. The number of aromatic amines is 1. The summed E-state index contributed by atoms with van der Waals surface area (Å²) in [5.41, 5.74) is 9.63. The Morgan fingerprint density at radius 1 is 1.14 bits per heavy atom. The molecule has 2 aliphatic carbocycles. The fraction of sp³-hybridized carbons (Fsp3) is 0.212. The summed E-state index contributed by atoms with van der Waals surface area (Å²) in [7, 11) is -0.605. The Balaban J connectivity index is 1.37. The topological polar surface area (TPSA) is 36.0 Å². The number of fused-ring (bicyclic) bond motifs is 3. The third kappa shape index (κ3) is 4.76. The van der Waals surface area contributed by atoms with E-state index < -0.39 is 8.80 Å². The Labute approximate surface area is 216 Å². The number of aryl methyl sites for hydroxylation is 1. The first kappa shape index (κ1) is 24.1. The van der Waals surface area contributed by atoms with Crippen LogP contribution in [-0.4, -0.2) is 18.9 Å². The van der Waals surface area contributed by atoms with Crippen LogP contribution in [0.2, 0.25) is 13.1 Å². The molecule has 0 saturated carbocycles. The van der Waals surface area contributed by atoms with Gasteiger partial charge < -0.3 is 10.1 Å². The predicted molar refractivity (Wildman–Crippen MR) is 157 cm³/mol. The van der Waals surface area contributed by atoms with E-state index in [4.69, 9.17) is 0 Å². The number of phenolic OH excluding ortho intramolecular Hbond substituents is 1. The van der Waals surface area contributed by atoms with Crippen LogP contribution < -0.4 is 0 Å². The van der Waals surface area contributed by atoms with Gasteiger partial charge in [-0.25, -0.2) is 0 Å². The Kier molecular flexibility index (Phi) is 6.84. The molecule has 2 N–H and O–H groups in total. The molecule has 2 aliphatic rings. The molecule has 1 heterocycles. The molecule has 0 fully saturated rings. The van der Waals surface area contributed by atoms with Crippen molar-refractivity contribution in [1.82, 2.24) is 4.98 Å². The van der Waals surface area contributed by atoms with Gasteiger partial charge in [0.15, 0.2) is 0 Å². The highest BCUT2D eigenvalue weighted by Gasteiger charge is 2.22. The summed E-state index contributed by atoms with van der Waals surface area (Å²) < 4.78 is 0. The minimum Gasteiger partial charge on any atom is -0.507 e. The van der Waals surface area contributed by atoms with Crippen molar-refractivity contribution in [2.24, 2.45) is 5.92 Å². The largest absolute Gasteiger partial charge is 0.507 e. The van der Waals surface area contributed by atoms with E-state index in [0.29, 0.717) is 5.92 Å². The molecule has 1 aromatic heterocycles. The lowest BCUT2D eigenvalue weighted by Gasteiger charge is -2.25. The highest BCUT2D eigenvalue weighted by Crippen LogP contribution is 2.37. The van der Waals surface area contributed by atoms with E-state index in [9.17, 15) is 5.11 Å². The fourth-order valence-electron chi connectivity index (χ4n) is 5.30. The van der Waals surface area contributed by atoms with Gasteiger partial charge in [-0.1, -0.05) is 103 Å². The van der Waals surface area contributed by atoms with Gasteiger partial charge in [-0.2, -0.15) is 0 Å². The number of phenols is 1. The number of aromatic nitrogens is 1. The Bertz CT molecular complexity index is 1470. The van der Waals surface area contributed by atoms with Gasteiger partial charge in [-0.15, -0.1) is 0 Å². The zero-order valence-corrected chi connectivity index (χ0v) is 22.4. The molecule has 0 amide bonds. The van der Waals surface area contributed by atoms with Crippen LogP contribution in [0.25, 0.3) is 28.1 Å². The van der Waals surface area contributed by atoms with Crippen molar-refractivity contribution in [1.29, 1.82) is 0 Å². The van der Waals surface area contributed by atoms with E-state index in [1.54, 1.807) is 11.3 Å². The summed E-state index contributed by atoms with van der Waals surface area (Å²) in [6.07, 6.45) is 18.8. The maximum atomic E-state index is 10.1. The normalized spacial score (nSPS) is 18.0. The smallest absolute Gasteiger partial charge is 0.123 e. The van der Waals surface area contributed by atoms with Gasteiger partial charge in [0.25, 0.3) is 0 Å². The maximum absolute atomic E-state index is 10.1. The monoisotopic (exact) mass is 488 g/mol. The van der Waals surface area contributed by atoms with E-state index in [1.807, 2.05) is 24.3 Å². The summed E-state index contributed by atoms with van der Waals surface area (Å²) in [4.78, 5) is 3.68. The van der Waals surface area contributed by atoms with Crippen molar-refractivity contribution < 1.29 is 5.11 Å². The highest BCUT2D eigenvalue weighted by molar-refractivity contribution is 6.65. The third-order valence-corrected chi connectivity index (χ3v) is 9.10. The maximum Gasteiger partial charge on any atom is 0.123 e. The summed E-state index contributed by atoms with van der Waals surface area (Å²) in [5, 5.41) is 13.0. The number of hydrogen-bond donors (Lipinski definition) is 2. The zero-order chi connectivity index (χ0) is 25.2. The molecule has 181 valence electrons. The number of H-pyrrole nitrogens is 1. The third-order valence-electron chi connectivity index (χ3n) is 7.42. The lowest BCUT2D eigenvalue weighted by Crippen LogP contribution is -2.16. The number of aromatic hydroxyl groups is 1. The number of rotatable bonds is 6. The summed E-state index contributed by atoms with van der Waals surface area (Å²) in [6.45, 7) is 11.1. The Morgan fingerprint density at radius 2 is 1.97 bits per heavy atom. The first-order valence-electron chi connectivity index (χ1n) is 12.8. The van der Waals surface area contributed by atoms with Crippen LogP contribution >= 0.6 is 0 Å². The molecule has 0 saturated heterocycles. The van der Waals surface area contributed by atoms with Crippen LogP contribution in [0.15, 0.2) is 96.3 Å². The Morgan fingerprint density at radius 3 is 2.78 bits per heavy atom. The molecule has 2 aromatic carbocycles. The van der Waals surface area contributed by atoms with Crippen molar-refractivity contribution in [3.8, 4) is 5.75 Å². The molecular weight excluding hydrogens is 454 g/mol.